The van der Waals surface area contributed by atoms with E-state index in [1.807, 2.05) is 0 Å². The van der Waals surface area contributed by atoms with E-state index in [0.717, 1.165) is 5.75 Å². The minimum atomic E-state index is -0.600. The standard InChI is InChI=1S/C17H24N4O5/c1-13(2)16(22)25-11-9-18-17(23)26-12-10-21(3)20-19-14-5-7-15(24-4)8-6-14/h5-8H,1,9-12H2,2-4H3,(H,18,23). The van der Waals surface area contributed by atoms with E-state index in [9.17, 15) is 9.59 Å². The van der Waals surface area contributed by atoms with Gasteiger partial charge in [-0.3, -0.25) is 5.01 Å². The van der Waals surface area contributed by atoms with Gasteiger partial charge in [0.25, 0.3) is 0 Å². The van der Waals surface area contributed by atoms with Crippen molar-refractivity contribution in [3.63, 3.8) is 0 Å². The highest BCUT2D eigenvalue weighted by molar-refractivity contribution is 5.86. The Balaban J connectivity index is 2.17. The van der Waals surface area contributed by atoms with Crippen LogP contribution in [0.4, 0.5) is 10.5 Å². The molecule has 0 fully saturated rings. The van der Waals surface area contributed by atoms with E-state index in [4.69, 9.17) is 14.2 Å². The normalized spacial score (nSPS) is 10.3. The Morgan fingerprint density at radius 2 is 1.88 bits per heavy atom. The lowest BCUT2D eigenvalue weighted by Gasteiger charge is -2.12. The van der Waals surface area contributed by atoms with E-state index < -0.39 is 12.1 Å². The molecule has 0 saturated heterocycles. The maximum absolute atomic E-state index is 11.5. The molecule has 1 amide bonds. The maximum atomic E-state index is 11.5. The second kappa shape index (κ2) is 11.5. The van der Waals surface area contributed by atoms with Gasteiger partial charge in [-0.25, -0.2) is 9.59 Å². The van der Waals surface area contributed by atoms with Gasteiger partial charge in [-0.1, -0.05) is 11.8 Å². The van der Waals surface area contributed by atoms with Crippen molar-refractivity contribution in [1.82, 2.24) is 10.3 Å². The zero-order valence-corrected chi connectivity index (χ0v) is 15.2. The second-order valence-corrected chi connectivity index (χ2v) is 5.25. The van der Waals surface area contributed by atoms with Crippen LogP contribution in [0.3, 0.4) is 0 Å². The summed E-state index contributed by atoms with van der Waals surface area (Å²) >= 11 is 0. The number of hydrogen-bond acceptors (Lipinski definition) is 7. The lowest BCUT2D eigenvalue weighted by atomic mass is 10.3. The summed E-state index contributed by atoms with van der Waals surface area (Å²) in [6.07, 6.45) is -0.600. The summed E-state index contributed by atoms with van der Waals surface area (Å²) < 4.78 is 14.9. The summed E-state index contributed by atoms with van der Waals surface area (Å²) in [6, 6.07) is 7.13. The lowest BCUT2D eigenvalue weighted by molar-refractivity contribution is -0.138. The molecule has 26 heavy (non-hydrogen) atoms. The van der Waals surface area contributed by atoms with E-state index in [1.54, 1.807) is 50.4 Å². The number of methoxy groups -OCH3 is 1. The number of hydrogen-bond donors (Lipinski definition) is 1. The number of amides is 1. The maximum Gasteiger partial charge on any atom is 0.407 e. The summed E-state index contributed by atoms with van der Waals surface area (Å²) in [5, 5.41) is 12.1. The molecule has 0 aliphatic rings. The summed E-state index contributed by atoms with van der Waals surface area (Å²) in [5.74, 6) is 0.245. The van der Waals surface area contributed by atoms with Gasteiger partial charge in [0.05, 0.1) is 25.9 Å². The molecule has 0 aliphatic carbocycles. The molecule has 0 heterocycles. The number of carbonyl (C=O) groups excluding carboxylic acids is 2. The molecule has 0 aromatic heterocycles. The minimum absolute atomic E-state index is 0.0524. The number of alkyl carbamates (subject to hydrolysis) is 1. The predicted octanol–water partition coefficient (Wildman–Crippen LogP) is 2.47. The lowest BCUT2D eigenvalue weighted by Crippen LogP contribution is -2.30. The zero-order chi connectivity index (χ0) is 19.4. The van der Waals surface area contributed by atoms with Crippen molar-refractivity contribution in [3.05, 3.63) is 36.4 Å². The molecular weight excluding hydrogens is 340 g/mol. The Labute approximate surface area is 152 Å². The highest BCUT2D eigenvalue weighted by Crippen LogP contribution is 2.17. The van der Waals surface area contributed by atoms with E-state index in [2.05, 4.69) is 22.2 Å². The summed E-state index contributed by atoms with van der Waals surface area (Å²) in [5.41, 5.74) is 0.986. The Bertz CT molecular complexity index is 631. The number of benzene rings is 1. The summed E-state index contributed by atoms with van der Waals surface area (Å²) in [4.78, 5) is 22.6. The van der Waals surface area contributed by atoms with E-state index in [-0.39, 0.29) is 19.8 Å². The first-order valence-corrected chi connectivity index (χ1v) is 7.92. The van der Waals surface area contributed by atoms with Crippen LogP contribution < -0.4 is 10.1 Å². The van der Waals surface area contributed by atoms with Crippen molar-refractivity contribution in [3.8, 4) is 5.75 Å². The first-order valence-electron chi connectivity index (χ1n) is 7.92. The topological polar surface area (TPSA) is 102 Å². The van der Waals surface area contributed by atoms with Crippen LogP contribution in [0.15, 0.2) is 46.8 Å². The molecule has 1 rings (SSSR count). The molecule has 1 aromatic carbocycles. The van der Waals surface area contributed by atoms with Crippen LogP contribution in [0.1, 0.15) is 6.92 Å². The largest absolute Gasteiger partial charge is 0.497 e. The monoisotopic (exact) mass is 364 g/mol. The third kappa shape index (κ3) is 8.67. The molecule has 9 nitrogen and oxygen atoms in total. The Morgan fingerprint density at radius 3 is 2.50 bits per heavy atom. The fourth-order valence-electron chi connectivity index (χ4n) is 1.56. The van der Waals surface area contributed by atoms with Crippen molar-refractivity contribution >= 4 is 17.7 Å². The van der Waals surface area contributed by atoms with Gasteiger partial charge in [-0.2, -0.15) is 0 Å². The van der Waals surface area contributed by atoms with Crippen LogP contribution in [-0.2, 0) is 14.3 Å². The average Bonchev–Trinajstić information content (AvgIpc) is 2.63. The average molecular weight is 364 g/mol. The summed E-state index contributed by atoms with van der Waals surface area (Å²) in [7, 11) is 3.31. The molecule has 0 saturated carbocycles. The first kappa shape index (κ1) is 20.9. The third-order valence-corrected chi connectivity index (χ3v) is 2.99. The Kier molecular flexibility index (Phi) is 9.23. The molecule has 1 aromatic rings. The highest BCUT2D eigenvalue weighted by Gasteiger charge is 2.05. The van der Waals surface area contributed by atoms with Gasteiger partial charge in [0.15, 0.2) is 0 Å². The number of esters is 1. The van der Waals surface area contributed by atoms with E-state index in [1.165, 1.54) is 0 Å². The van der Waals surface area contributed by atoms with E-state index in [0.29, 0.717) is 17.8 Å². The smallest absolute Gasteiger partial charge is 0.407 e. The predicted molar refractivity (Wildman–Crippen MR) is 95.3 cm³/mol. The van der Waals surface area contributed by atoms with Gasteiger partial charge in [0.1, 0.15) is 19.0 Å². The van der Waals surface area contributed by atoms with Crippen LogP contribution in [0.2, 0.25) is 0 Å². The van der Waals surface area contributed by atoms with Crippen molar-refractivity contribution in [1.29, 1.82) is 0 Å². The number of rotatable bonds is 10. The molecule has 9 heteroatoms. The molecule has 0 radical (unpaired) electrons. The number of likely N-dealkylation sites (N-methyl/N-ethyl adjacent to an activating group) is 1. The molecule has 0 spiro atoms. The number of carbonyl (C=O) groups is 2. The number of nitrogens with one attached hydrogen (secondary N) is 1. The first-order chi connectivity index (χ1) is 12.4. The van der Waals surface area contributed by atoms with E-state index >= 15 is 0 Å². The van der Waals surface area contributed by atoms with Crippen molar-refractivity contribution in [2.45, 2.75) is 6.92 Å². The molecule has 0 atom stereocenters. The molecule has 142 valence electrons. The Hall–Kier alpha value is -3.10. The summed E-state index contributed by atoms with van der Waals surface area (Å²) in [6.45, 7) is 5.72. The SMILES string of the molecule is C=C(C)C(=O)OCCNC(=O)OCCN(C)N=Nc1ccc(OC)cc1. The van der Waals surface area contributed by atoms with Gasteiger partial charge in [0, 0.05) is 12.6 Å². The minimum Gasteiger partial charge on any atom is -0.497 e. The van der Waals surface area contributed by atoms with Crippen molar-refractivity contribution < 1.29 is 23.8 Å². The quantitative estimate of drug-likeness (QED) is 0.225. The fraction of sp³-hybridized carbons (Fsp3) is 0.412. The van der Waals surface area contributed by atoms with Crippen molar-refractivity contribution in [2.24, 2.45) is 10.3 Å². The number of ether oxygens (including phenoxy) is 3. The Morgan fingerprint density at radius 1 is 1.19 bits per heavy atom. The number of nitrogens with zero attached hydrogens (tertiary/aromatic N) is 3. The van der Waals surface area contributed by atoms with Crippen molar-refractivity contribution in [2.75, 3.05) is 40.5 Å². The van der Waals surface area contributed by atoms with Crippen LogP contribution in [-0.4, -0.2) is 57.5 Å². The van der Waals surface area contributed by atoms with Crippen LogP contribution in [0.5, 0.6) is 5.75 Å². The molecule has 0 bridgehead atoms. The second-order valence-electron chi connectivity index (χ2n) is 5.25. The zero-order valence-electron chi connectivity index (χ0n) is 15.2. The van der Waals surface area contributed by atoms with Gasteiger partial charge in [-0.15, -0.1) is 5.11 Å². The fourth-order valence-corrected chi connectivity index (χ4v) is 1.56. The van der Waals surface area contributed by atoms with Crippen LogP contribution >= 0.6 is 0 Å². The highest BCUT2D eigenvalue weighted by atomic mass is 16.6. The molecule has 1 N–H and O–H groups in total. The third-order valence-electron chi connectivity index (χ3n) is 2.99. The van der Waals surface area contributed by atoms with Crippen LogP contribution in [0.25, 0.3) is 0 Å². The van der Waals surface area contributed by atoms with Gasteiger partial charge in [-0.05, 0) is 31.2 Å². The van der Waals surface area contributed by atoms with Gasteiger partial charge < -0.3 is 19.5 Å². The molecule has 0 aliphatic heterocycles. The molecule has 0 unspecified atom stereocenters. The molecular formula is C17H24N4O5. The van der Waals surface area contributed by atoms with Crippen LogP contribution in [0, 0.1) is 0 Å². The van der Waals surface area contributed by atoms with Gasteiger partial charge >= 0.3 is 12.1 Å². The van der Waals surface area contributed by atoms with Gasteiger partial charge in [0.2, 0.25) is 0 Å².